The molecule has 2 aliphatic carbocycles. The van der Waals surface area contributed by atoms with Crippen LogP contribution < -0.4 is 5.73 Å². The van der Waals surface area contributed by atoms with Crippen LogP contribution in [0.3, 0.4) is 0 Å². The van der Waals surface area contributed by atoms with Crippen molar-refractivity contribution in [3.63, 3.8) is 0 Å². The fourth-order valence-electron chi connectivity index (χ4n) is 0.940. The van der Waals surface area contributed by atoms with Crippen molar-refractivity contribution in [1.82, 2.24) is 0 Å². The largest absolute Gasteiger partial charge is 0.465 e. The molecule has 0 aromatic carbocycles. The minimum absolute atomic E-state index is 0.185. The smallest absolute Gasteiger partial charge is 0.402 e. The molecule has 2 bridgehead atoms. The second-order valence-electron chi connectivity index (χ2n) is 2.24. The van der Waals surface area contributed by atoms with Crippen LogP contribution in [0.15, 0.2) is 35.5 Å². The number of rotatable bonds is 0. The van der Waals surface area contributed by atoms with E-state index in [9.17, 15) is 4.79 Å². The van der Waals surface area contributed by atoms with Gasteiger partial charge in [0, 0.05) is 11.1 Å². The maximum absolute atomic E-state index is 10.8. The molecule has 0 aromatic rings. The molecule has 0 aliphatic heterocycles. The van der Waals surface area contributed by atoms with Gasteiger partial charge in [-0.05, 0) is 0 Å². The highest BCUT2D eigenvalue weighted by Gasteiger charge is 2.19. The zero-order valence-corrected chi connectivity index (χ0v) is 6.15. The topological polar surface area (TPSA) is 80.4 Å². The lowest BCUT2D eigenvalue weighted by Crippen LogP contribution is -2.03. The Kier molecular flexibility index (Phi) is 2.09. The standard InChI is InChI=1S/C7H4O.CH3NO2/c8-7-5-1-2-6(7)4-3-5;2-1(3)4/h1-4H;2H2,(H,3,4). The summed E-state index contributed by atoms with van der Waals surface area (Å²) in [4.78, 5) is 19.5. The number of allylic oxidation sites excluding steroid dienone is 6. The predicted molar refractivity (Wildman–Crippen MR) is 42.5 cm³/mol. The number of hydrogen-bond acceptors (Lipinski definition) is 2. The molecule has 0 unspecified atom stereocenters. The summed E-state index contributed by atoms with van der Waals surface area (Å²) >= 11 is 0. The van der Waals surface area contributed by atoms with Crippen LogP contribution in [0, 0.1) is 0 Å². The normalized spacial score (nSPS) is 16.5. The lowest BCUT2D eigenvalue weighted by Gasteiger charge is -1.78. The quantitative estimate of drug-likeness (QED) is 0.552. The summed E-state index contributed by atoms with van der Waals surface area (Å²) in [5.41, 5.74) is 5.69. The van der Waals surface area contributed by atoms with Gasteiger partial charge in [0.25, 0.3) is 0 Å². The number of Topliss-reactive ketones (excluding diaryl/α,β-unsaturated/α-hetero) is 1. The Morgan fingerprint density at radius 1 is 1.25 bits per heavy atom. The molecule has 62 valence electrons. The van der Waals surface area contributed by atoms with Crippen molar-refractivity contribution >= 4 is 11.9 Å². The average Bonchev–Trinajstić information content (AvgIpc) is 2.48. The summed E-state index contributed by atoms with van der Waals surface area (Å²) in [5, 5.41) is 7.19. The first-order chi connectivity index (χ1) is 5.61. The lowest BCUT2D eigenvalue weighted by atomic mass is 10.2. The van der Waals surface area contributed by atoms with Gasteiger partial charge < -0.3 is 10.8 Å². The van der Waals surface area contributed by atoms with E-state index in [1.165, 1.54) is 0 Å². The van der Waals surface area contributed by atoms with E-state index in [-0.39, 0.29) is 5.78 Å². The molecule has 1 amide bonds. The van der Waals surface area contributed by atoms with Crippen LogP contribution in [0.2, 0.25) is 0 Å². The molecule has 2 rings (SSSR count). The Balaban J connectivity index is 0.000000157. The van der Waals surface area contributed by atoms with Gasteiger partial charge in [0.2, 0.25) is 0 Å². The summed E-state index contributed by atoms with van der Waals surface area (Å²) in [6.45, 7) is 0. The number of ketones is 1. The van der Waals surface area contributed by atoms with Crippen molar-refractivity contribution in [2.45, 2.75) is 0 Å². The van der Waals surface area contributed by atoms with E-state index in [1.54, 1.807) is 0 Å². The zero-order chi connectivity index (χ0) is 9.14. The maximum atomic E-state index is 10.8. The molecule has 0 fully saturated rings. The molecular weight excluding hydrogens is 158 g/mol. The van der Waals surface area contributed by atoms with Crippen LogP contribution >= 0.6 is 0 Å². The van der Waals surface area contributed by atoms with Gasteiger partial charge in [0.05, 0.1) is 0 Å². The van der Waals surface area contributed by atoms with Gasteiger partial charge in [-0.25, -0.2) is 4.79 Å². The molecule has 0 saturated carbocycles. The Hall–Kier alpha value is -1.84. The van der Waals surface area contributed by atoms with E-state index in [2.05, 4.69) is 5.73 Å². The minimum atomic E-state index is -1.33. The third-order valence-electron chi connectivity index (χ3n) is 1.41. The van der Waals surface area contributed by atoms with Gasteiger partial charge in [-0.15, -0.1) is 0 Å². The Bertz CT molecular complexity index is 295. The van der Waals surface area contributed by atoms with E-state index < -0.39 is 6.09 Å². The second-order valence-corrected chi connectivity index (χ2v) is 2.24. The first kappa shape index (κ1) is 8.26. The van der Waals surface area contributed by atoms with Crippen molar-refractivity contribution in [2.75, 3.05) is 0 Å². The Morgan fingerprint density at radius 3 is 1.67 bits per heavy atom. The summed E-state index contributed by atoms with van der Waals surface area (Å²) in [7, 11) is 0. The fraction of sp³-hybridized carbons (Fsp3) is 0. The molecule has 4 nitrogen and oxygen atoms in total. The van der Waals surface area contributed by atoms with Crippen LogP contribution in [-0.2, 0) is 4.79 Å². The van der Waals surface area contributed by atoms with Crippen molar-refractivity contribution in [3.05, 3.63) is 35.5 Å². The van der Waals surface area contributed by atoms with Crippen molar-refractivity contribution in [3.8, 4) is 0 Å². The van der Waals surface area contributed by atoms with E-state index in [0.29, 0.717) is 0 Å². The SMILES string of the molecule is NC(=O)O.O=C1C2=CC=C1C=C2. The highest BCUT2D eigenvalue weighted by atomic mass is 16.4. The van der Waals surface area contributed by atoms with Gasteiger partial charge >= 0.3 is 6.09 Å². The highest BCUT2D eigenvalue weighted by molar-refractivity contribution is 6.17. The van der Waals surface area contributed by atoms with Crippen LogP contribution in [0.1, 0.15) is 0 Å². The minimum Gasteiger partial charge on any atom is -0.465 e. The number of carbonyl (C=O) groups excluding carboxylic acids is 1. The van der Waals surface area contributed by atoms with Crippen LogP contribution in [0.5, 0.6) is 0 Å². The Labute approximate surface area is 68.7 Å². The van der Waals surface area contributed by atoms with Crippen molar-refractivity contribution < 1.29 is 14.7 Å². The molecule has 0 atom stereocenters. The summed E-state index contributed by atoms with van der Waals surface area (Å²) in [6, 6.07) is 0. The first-order valence-corrected chi connectivity index (χ1v) is 3.24. The molecular formula is C8H7NO3. The van der Waals surface area contributed by atoms with Gasteiger partial charge in [-0.2, -0.15) is 0 Å². The van der Waals surface area contributed by atoms with Gasteiger partial charge in [-0.1, -0.05) is 24.3 Å². The fourth-order valence-corrected chi connectivity index (χ4v) is 0.940. The third-order valence-corrected chi connectivity index (χ3v) is 1.41. The first-order valence-electron chi connectivity index (χ1n) is 3.24. The summed E-state index contributed by atoms with van der Waals surface area (Å²) in [6.07, 6.45) is 6.05. The number of amides is 1. The molecule has 0 radical (unpaired) electrons. The molecule has 0 spiro atoms. The van der Waals surface area contributed by atoms with Gasteiger partial charge in [-0.3, -0.25) is 4.79 Å². The number of carbonyl (C=O) groups is 2. The number of nitrogens with two attached hydrogens (primary N) is 1. The van der Waals surface area contributed by atoms with Crippen LogP contribution in [0.25, 0.3) is 0 Å². The summed E-state index contributed by atoms with van der Waals surface area (Å²) < 4.78 is 0. The number of hydrogen-bond donors (Lipinski definition) is 2. The molecule has 0 aromatic heterocycles. The van der Waals surface area contributed by atoms with Crippen molar-refractivity contribution in [2.24, 2.45) is 5.73 Å². The molecule has 4 heteroatoms. The van der Waals surface area contributed by atoms with E-state index in [4.69, 9.17) is 9.90 Å². The number of carboxylic acid groups (broad SMARTS) is 1. The van der Waals surface area contributed by atoms with Crippen LogP contribution in [-0.4, -0.2) is 17.0 Å². The van der Waals surface area contributed by atoms with E-state index in [0.717, 1.165) is 11.1 Å². The maximum Gasteiger partial charge on any atom is 0.402 e. The molecule has 12 heavy (non-hydrogen) atoms. The summed E-state index contributed by atoms with van der Waals surface area (Å²) in [5.74, 6) is 0.185. The van der Waals surface area contributed by atoms with Gasteiger partial charge in [0.1, 0.15) is 0 Å². The number of primary amides is 1. The number of fused-ring (bicyclic) bond motifs is 2. The van der Waals surface area contributed by atoms with Crippen LogP contribution in [0.4, 0.5) is 4.79 Å². The molecule has 2 aliphatic rings. The molecule has 3 N–H and O–H groups in total. The van der Waals surface area contributed by atoms with E-state index in [1.807, 2.05) is 24.3 Å². The molecule has 0 heterocycles. The molecule has 0 saturated heterocycles. The highest BCUT2D eigenvalue weighted by Crippen LogP contribution is 2.23. The monoisotopic (exact) mass is 165 g/mol. The average molecular weight is 165 g/mol. The lowest BCUT2D eigenvalue weighted by molar-refractivity contribution is -0.111. The Morgan fingerprint density at radius 2 is 1.58 bits per heavy atom. The van der Waals surface area contributed by atoms with Crippen molar-refractivity contribution in [1.29, 1.82) is 0 Å². The van der Waals surface area contributed by atoms with E-state index >= 15 is 0 Å². The zero-order valence-electron chi connectivity index (χ0n) is 6.15. The third kappa shape index (κ3) is 1.60. The predicted octanol–water partition coefficient (Wildman–Crippen LogP) is 0.615. The second kappa shape index (κ2) is 3.04. The van der Waals surface area contributed by atoms with Gasteiger partial charge in [0.15, 0.2) is 5.78 Å².